The third-order valence-electron chi connectivity index (χ3n) is 2.66. The number of para-hydroxylation sites is 1. The van der Waals surface area contributed by atoms with Crippen molar-refractivity contribution in [1.82, 2.24) is 10.2 Å². The Morgan fingerprint density at radius 3 is 2.78 bits per heavy atom. The minimum absolute atomic E-state index is 0.208. The van der Waals surface area contributed by atoms with E-state index in [0.29, 0.717) is 31.7 Å². The first-order chi connectivity index (χ1) is 11.0. The van der Waals surface area contributed by atoms with Crippen molar-refractivity contribution in [3.63, 3.8) is 0 Å². The number of hydrogen-bond acceptors (Lipinski definition) is 6. The van der Waals surface area contributed by atoms with Crippen molar-refractivity contribution >= 4 is 63.0 Å². The number of nitrogens with one attached hydrogen (secondary N) is 2. The van der Waals surface area contributed by atoms with Gasteiger partial charge in [-0.1, -0.05) is 58.4 Å². The van der Waals surface area contributed by atoms with Crippen LogP contribution in [0.5, 0.6) is 0 Å². The molecule has 2 rings (SSSR count). The van der Waals surface area contributed by atoms with Crippen molar-refractivity contribution in [1.29, 1.82) is 0 Å². The highest BCUT2D eigenvalue weighted by Gasteiger charge is 2.19. The van der Waals surface area contributed by atoms with Crippen LogP contribution in [0.3, 0.4) is 0 Å². The quantitative estimate of drug-likeness (QED) is 0.537. The fourth-order valence-electron chi connectivity index (χ4n) is 1.54. The van der Waals surface area contributed by atoms with Gasteiger partial charge in [-0.3, -0.25) is 4.79 Å². The van der Waals surface area contributed by atoms with Gasteiger partial charge >= 0.3 is 0 Å². The number of aromatic nitrogens is 2. The molecule has 1 atom stereocenters. The van der Waals surface area contributed by atoms with E-state index in [4.69, 9.17) is 23.2 Å². The fraction of sp³-hybridized carbons (Fsp3) is 0.214. The van der Waals surface area contributed by atoms with Gasteiger partial charge in [0.25, 0.3) is 0 Å². The third kappa shape index (κ3) is 5.10. The Balaban J connectivity index is 1.97. The van der Waals surface area contributed by atoms with Crippen LogP contribution in [-0.2, 0) is 4.79 Å². The molecule has 23 heavy (non-hydrogen) atoms. The molecule has 0 aliphatic rings. The molecule has 9 heteroatoms. The summed E-state index contributed by atoms with van der Waals surface area (Å²) < 4.78 is 0.699. The molecule has 122 valence electrons. The van der Waals surface area contributed by atoms with Crippen molar-refractivity contribution in [2.75, 3.05) is 17.2 Å². The predicted octanol–water partition coefficient (Wildman–Crippen LogP) is 4.56. The Hall–Kier alpha value is -1.28. The number of amides is 1. The van der Waals surface area contributed by atoms with Crippen molar-refractivity contribution in [2.24, 2.45) is 0 Å². The van der Waals surface area contributed by atoms with Crippen LogP contribution in [-0.4, -0.2) is 27.9 Å². The molecule has 0 fully saturated rings. The summed E-state index contributed by atoms with van der Waals surface area (Å²) in [4.78, 5) is 12.3. The minimum Gasteiger partial charge on any atom is -0.357 e. The van der Waals surface area contributed by atoms with E-state index in [1.165, 1.54) is 23.1 Å². The average molecular weight is 389 g/mol. The van der Waals surface area contributed by atoms with E-state index >= 15 is 0 Å². The van der Waals surface area contributed by atoms with Crippen LogP contribution < -0.4 is 10.6 Å². The van der Waals surface area contributed by atoms with Gasteiger partial charge in [-0.05, 0) is 19.1 Å². The molecule has 0 aliphatic heterocycles. The molecule has 1 amide bonds. The molecular formula is C14H14Cl2N4OS2. The molecule has 2 N–H and O–H groups in total. The summed E-state index contributed by atoms with van der Waals surface area (Å²) in [7, 11) is 0. The van der Waals surface area contributed by atoms with E-state index < -0.39 is 0 Å². The molecule has 2 aromatic rings. The van der Waals surface area contributed by atoms with Gasteiger partial charge in [-0.25, -0.2) is 0 Å². The number of hydrogen-bond donors (Lipinski definition) is 2. The average Bonchev–Trinajstić information content (AvgIpc) is 2.96. The number of rotatable bonds is 7. The Kier molecular flexibility index (Phi) is 6.71. The molecule has 1 aromatic heterocycles. The summed E-state index contributed by atoms with van der Waals surface area (Å²) in [5.41, 5.74) is 0.416. The molecule has 0 spiro atoms. The standard InChI is InChI=1S/C14H14Cl2N4OS2/c1-3-7-17-13-19-20-14(23-13)22-8(2)12(21)18-11-9(15)5-4-6-10(11)16/h3-6,8H,1,7H2,2H3,(H,17,19)(H,18,21). The predicted molar refractivity (Wildman–Crippen MR) is 99.0 cm³/mol. The van der Waals surface area contributed by atoms with Crippen LogP contribution in [0.2, 0.25) is 10.0 Å². The highest BCUT2D eigenvalue weighted by molar-refractivity contribution is 8.02. The molecule has 0 aliphatic carbocycles. The van der Waals surface area contributed by atoms with Crippen LogP contribution in [0, 0.1) is 0 Å². The van der Waals surface area contributed by atoms with Crippen LogP contribution in [0.15, 0.2) is 35.2 Å². The summed E-state index contributed by atoms with van der Waals surface area (Å²) in [5.74, 6) is -0.208. The maximum atomic E-state index is 12.3. The first-order valence-corrected chi connectivity index (χ1v) is 9.06. The van der Waals surface area contributed by atoms with Crippen molar-refractivity contribution in [3.05, 3.63) is 40.9 Å². The van der Waals surface area contributed by atoms with E-state index in [-0.39, 0.29) is 11.2 Å². The van der Waals surface area contributed by atoms with Gasteiger partial charge in [0.15, 0.2) is 4.34 Å². The second kappa shape index (κ2) is 8.54. The highest BCUT2D eigenvalue weighted by Crippen LogP contribution is 2.32. The lowest BCUT2D eigenvalue weighted by Gasteiger charge is -2.12. The zero-order valence-corrected chi connectivity index (χ0v) is 15.3. The van der Waals surface area contributed by atoms with Gasteiger partial charge < -0.3 is 10.6 Å². The Bertz CT molecular complexity index is 688. The molecular weight excluding hydrogens is 375 g/mol. The molecule has 1 unspecified atom stereocenters. The van der Waals surface area contributed by atoms with E-state index in [0.717, 1.165) is 0 Å². The second-order valence-corrected chi connectivity index (χ2v) is 7.77. The third-order valence-corrected chi connectivity index (χ3v) is 5.36. The molecule has 0 bridgehead atoms. The number of thioether (sulfide) groups is 1. The summed E-state index contributed by atoms with van der Waals surface area (Å²) in [6.45, 7) is 6.01. The minimum atomic E-state index is -0.373. The van der Waals surface area contributed by atoms with Crippen molar-refractivity contribution in [3.8, 4) is 0 Å². The Morgan fingerprint density at radius 2 is 2.13 bits per heavy atom. The van der Waals surface area contributed by atoms with Gasteiger partial charge in [0, 0.05) is 6.54 Å². The number of nitrogens with zero attached hydrogens (tertiary/aromatic N) is 2. The Labute approximate surface area is 152 Å². The molecule has 0 radical (unpaired) electrons. The van der Waals surface area contributed by atoms with Gasteiger partial charge in [0.05, 0.1) is 21.0 Å². The summed E-state index contributed by atoms with van der Waals surface area (Å²) in [6, 6.07) is 5.06. The second-order valence-electron chi connectivity index (χ2n) is 4.39. The lowest BCUT2D eigenvalue weighted by molar-refractivity contribution is -0.115. The van der Waals surface area contributed by atoms with Crippen LogP contribution in [0.4, 0.5) is 10.8 Å². The maximum absolute atomic E-state index is 12.3. The number of carbonyl (C=O) groups is 1. The van der Waals surface area contributed by atoms with Crippen LogP contribution in [0.1, 0.15) is 6.92 Å². The smallest absolute Gasteiger partial charge is 0.237 e. The maximum Gasteiger partial charge on any atom is 0.237 e. The van der Waals surface area contributed by atoms with Gasteiger partial charge in [-0.15, -0.1) is 16.8 Å². The highest BCUT2D eigenvalue weighted by atomic mass is 35.5. The molecule has 1 heterocycles. The largest absolute Gasteiger partial charge is 0.357 e. The number of carbonyl (C=O) groups excluding carboxylic acids is 1. The molecule has 0 saturated carbocycles. The van der Waals surface area contributed by atoms with Crippen molar-refractivity contribution in [2.45, 2.75) is 16.5 Å². The van der Waals surface area contributed by atoms with Gasteiger partial charge in [0.1, 0.15) is 0 Å². The SMILES string of the molecule is C=CCNc1nnc(SC(C)C(=O)Nc2c(Cl)cccc2Cl)s1. The number of anilines is 2. The summed E-state index contributed by atoms with van der Waals surface area (Å²) in [5, 5.41) is 14.9. The van der Waals surface area contributed by atoms with Crippen molar-refractivity contribution < 1.29 is 4.79 Å². The monoisotopic (exact) mass is 388 g/mol. The van der Waals surface area contributed by atoms with Gasteiger partial charge in [0.2, 0.25) is 11.0 Å². The lowest BCUT2D eigenvalue weighted by Crippen LogP contribution is -2.22. The van der Waals surface area contributed by atoms with E-state index in [2.05, 4.69) is 27.4 Å². The zero-order chi connectivity index (χ0) is 16.8. The number of benzene rings is 1. The summed E-state index contributed by atoms with van der Waals surface area (Å²) >= 11 is 14.8. The molecule has 1 aromatic carbocycles. The first kappa shape index (κ1) is 18.1. The molecule has 0 saturated heterocycles. The normalized spacial score (nSPS) is 11.8. The molecule has 5 nitrogen and oxygen atoms in total. The van der Waals surface area contributed by atoms with E-state index in [1.807, 2.05) is 0 Å². The van der Waals surface area contributed by atoms with E-state index in [1.54, 1.807) is 31.2 Å². The van der Waals surface area contributed by atoms with Crippen LogP contribution in [0.25, 0.3) is 0 Å². The number of halogens is 2. The Morgan fingerprint density at radius 1 is 1.43 bits per heavy atom. The van der Waals surface area contributed by atoms with E-state index in [9.17, 15) is 4.79 Å². The summed E-state index contributed by atoms with van der Waals surface area (Å²) in [6.07, 6.45) is 1.73. The van der Waals surface area contributed by atoms with Gasteiger partial charge in [-0.2, -0.15) is 0 Å². The van der Waals surface area contributed by atoms with Crippen LogP contribution >= 0.6 is 46.3 Å². The lowest BCUT2D eigenvalue weighted by atomic mass is 10.3. The fourth-order valence-corrected chi connectivity index (χ4v) is 3.93. The first-order valence-electron chi connectivity index (χ1n) is 6.61. The zero-order valence-electron chi connectivity index (χ0n) is 12.2. The topological polar surface area (TPSA) is 66.9 Å².